The van der Waals surface area contributed by atoms with Gasteiger partial charge in [0.1, 0.15) is 0 Å². The molecular formula is C31H31BrN4. The summed E-state index contributed by atoms with van der Waals surface area (Å²) in [4.78, 5) is 12.3. The Morgan fingerprint density at radius 3 is 2.47 bits per heavy atom. The number of benzene rings is 3. The molecule has 1 aliphatic carbocycles. The molecule has 0 unspecified atom stereocenters. The molecule has 4 aromatic rings. The number of fused-ring (bicyclic) bond motifs is 3. The zero-order chi connectivity index (χ0) is 24.3. The van der Waals surface area contributed by atoms with E-state index in [-0.39, 0.29) is 0 Å². The Morgan fingerprint density at radius 2 is 1.67 bits per heavy atom. The van der Waals surface area contributed by atoms with Crippen LogP contribution in [0.2, 0.25) is 0 Å². The van der Waals surface area contributed by atoms with E-state index in [9.17, 15) is 0 Å². The standard InChI is InChI=1S/C31H31BrN4/c32-25-12-10-23(11-13-25)29-20-24-21-33-31(35-30(24)28-7-3-2-6-27(28)29)34-26-14-8-22(9-15-26)16-19-36-17-4-1-5-18-36/h2-3,6-15,21,29H,1,4-5,16-20H2,(H,33,34,35)/t29-/m0/s1. The second kappa shape index (κ2) is 10.5. The fourth-order valence-corrected chi connectivity index (χ4v) is 5.81. The number of piperidine rings is 1. The van der Waals surface area contributed by atoms with Crippen molar-refractivity contribution in [3.63, 3.8) is 0 Å². The third kappa shape index (κ3) is 5.09. The number of hydrogen-bond donors (Lipinski definition) is 1. The average Bonchev–Trinajstić information content (AvgIpc) is 2.93. The summed E-state index contributed by atoms with van der Waals surface area (Å²) in [6, 6.07) is 26.1. The van der Waals surface area contributed by atoms with Gasteiger partial charge >= 0.3 is 0 Å². The Kier molecular flexibility index (Phi) is 6.84. The molecule has 1 aromatic heterocycles. The van der Waals surface area contributed by atoms with Crippen LogP contribution >= 0.6 is 15.9 Å². The van der Waals surface area contributed by atoms with Crippen LogP contribution in [0.5, 0.6) is 0 Å². The fraction of sp³-hybridized carbons (Fsp3) is 0.290. The molecule has 3 aromatic carbocycles. The number of nitrogens with one attached hydrogen (secondary N) is 1. The van der Waals surface area contributed by atoms with Gasteiger partial charge < -0.3 is 10.2 Å². The first-order valence-corrected chi connectivity index (χ1v) is 13.8. The third-order valence-corrected chi connectivity index (χ3v) is 8.06. The monoisotopic (exact) mass is 538 g/mol. The summed E-state index contributed by atoms with van der Waals surface area (Å²) >= 11 is 3.56. The molecule has 2 aliphatic rings. The van der Waals surface area contributed by atoms with Gasteiger partial charge in [0, 0.05) is 34.4 Å². The highest BCUT2D eigenvalue weighted by molar-refractivity contribution is 9.10. The van der Waals surface area contributed by atoms with E-state index in [1.807, 2.05) is 6.20 Å². The molecule has 0 amide bonds. The van der Waals surface area contributed by atoms with E-state index in [0.29, 0.717) is 11.9 Å². The topological polar surface area (TPSA) is 41.1 Å². The van der Waals surface area contributed by atoms with Crippen molar-refractivity contribution in [3.8, 4) is 11.3 Å². The van der Waals surface area contributed by atoms with Crippen LogP contribution in [0.1, 0.15) is 47.4 Å². The van der Waals surface area contributed by atoms with Gasteiger partial charge in [-0.25, -0.2) is 9.97 Å². The van der Waals surface area contributed by atoms with E-state index < -0.39 is 0 Å². The van der Waals surface area contributed by atoms with Crippen molar-refractivity contribution in [1.82, 2.24) is 14.9 Å². The van der Waals surface area contributed by atoms with Crippen LogP contribution in [-0.4, -0.2) is 34.5 Å². The van der Waals surface area contributed by atoms with Crippen molar-refractivity contribution in [2.24, 2.45) is 0 Å². The molecule has 4 nitrogen and oxygen atoms in total. The molecule has 1 N–H and O–H groups in total. The Morgan fingerprint density at radius 1 is 0.889 bits per heavy atom. The molecule has 0 radical (unpaired) electrons. The Labute approximate surface area is 221 Å². The van der Waals surface area contributed by atoms with Gasteiger partial charge in [0.25, 0.3) is 0 Å². The number of nitrogens with zero attached hydrogens (tertiary/aromatic N) is 3. The van der Waals surface area contributed by atoms with Gasteiger partial charge in [0.2, 0.25) is 5.95 Å². The highest BCUT2D eigenvalue weighted by Gasteiger charge is 2.27. The van der Waals surface area contributed by atoms with Crippen molar-refractivity contribution < 1.29 is 0 Å². The number of likely N-dealkylation sites (tertiary alicyclic amines) is 1. The van der Waals surface area contributed by atoms with Gasteiger partial charge in [-0.15, -0.1) is 0 Å². The minimum absolute atomic E-state index is 0.307. The predicted octanol–water partition coefficient (Wildman–Crippen LogP) is 7.37. The molecule has 0 spiro atoms. The average molecular weight is 540 g/mol. The zero-order valence-corrected chi connectivity index (χ0v) is 22.0. The van der Waals surface area contributed by atoms with E-state index in [4.69, 9.17) is 4.98 Å². The van der Waals surface area contributed by atoms with Crippen molar-refractivity contribution >= 4 is 27.6 Å². The zero-order valence-electron chi connectivity index (χ0n) is 20.5. The molecule has 182 valence electrons. The van der Waals surface area contributed by atoms with Crippen LogP contribution in [0.15, 0.2) is 83.5 Å². The molecule has 2 heterocycles. The molecule has 1 saturated heterocycles. The number of hydrogen-bond acceptors (Lipinski definition) is 4. The van der Waals surface area contributed by atoms with Crippen molar-refractivity contribution in [1.29, 1.82) is 0 Å². The Balaban J connectivity index is 1.19. The number of halogens is 1. The van der Waals surface area contributed by atoms with Gasteiger partial charge in [-0.1, -0.05) is 70.9 Å². The van der Waals surface area contributed by atoms with Gasteiger partial charge in [0.15, 0.2) is 0 Å². The van der Waals surface area contributed by atoms with E-state index in [0.717, 1.165) is 35.2 Å². The van der Waals surface area contributed by atoms with Crippen molar-refractivity contribution in [2.45, 2.75) is 38.0 Å². The second-order valence-electron chi connectivity index (χ2n) is 9.94. The van der Waals surface area contributed by atoms with Crippen LogP contribution in [0.4, 0.5) is 11.6 Å². The molecule has 1 aliphatic heterocycles. The number of anilines is 2. The molecule has 1 atom stereocenters. The van der Waals surface area contributed by atoms with E-state index in [1.165, 1.54) is 60.2 Å². The first kappa shape index (κ1) is 23.4. The Bertz CT molecular complexity index is 1330. The van der Waals surface area contributed by atoms with E-state index >= 15 is 0 Å². The molecular weight excluding hydrogens is 508 g/mol. The number of aromatic nitrogens is 2. The van der Waals surface area contributed by atoms with Crippen LogP contribution in [-0.2, 0) is 12.8 Å². The van der Waals surface area contributed by atoms with Gasteiger partial charge in [-0.2, -0.15) is 0 Å². The van der Waals surface area contributed by atoms with Gasteiger partial charge in [-0.05, 0) is 85.3 Å². The lowest BCUT2D eigenvalue weighted by molar-refractivity contribution is 0.231. The highest BCUT2D eigenvalue weighted by Crippen LogP contribution is 2.42. The minimum atomic E-state index is 0.307. The largest absolute Gasteiger partial charge is 0.324 e. The third-order valence-electron chi connectivity index (χ3n) is 7.53. The molecule has 0 bridgehead atoms. The maximum absolute atomic E-state index is 4.98. The molecule has 5 heteroatoms. The summed E-state index contributed by atoms with van der Waals surface area (Å²) in [6.07, 6.45) is 8.09. The summed E-state index contributed by atoms with van der Waals surface area (Å²) < 4.78 is 1.10. The first-order valence-electron chi connectivity index (χ1n) is 13.0. The first-order chi connectivity index (χ1) is 17.7. The van der Waals surface area contributed by atoms with Gasteiger partial charge in [0.05, 0.1) is 5.69 Å². The van der Waals surface area contributed by atoms with Crippen LogP contribution in [0, 0.1) is 0 Å². The summed E-state index contributed by atoms with van der Waals surface area (Å²) in [5.74, 6) is 0.952. The van der Waals surface area contributed by atoms with Gasteiger partial charge in [-0.3, -0.25) is 0 Å². The summed E-state index contributed by atoms with van der Waals surface area (Å²) in [5.41, 5.74) is 8.48. The van der Waals surface area contributed by atoms with Crippen LogP contribution < -0.4 is 5.32 Å². The molecule has 36 heavy (non-hydrogen) atoms. The van der Waals surface area contributed by atoms with Crippen LogP contribution in [0.25, 0.3) is 11.3 Å². The molecule has 0 saturated carbocycles. The molecule has 1 fully saturated rings. The second-order valence-corrected chi connectivity index (χ2v) is 10.9. The maximum atomic E-state index is 4.98. The normalized spacial score (nSPS) is 17.3. The molecule has 6 rings (SSSR count). The summed E-state index contributed by atoms with van der Waals surface area (Å²) in [6.45, 7) is 3.66. The SMILES string of the molecule is Brc1ccc([C@@H]2Cc3cnc(Nc4ccc(CCN5CCCCC5)cc4)nc3-c3ccccc32)cc1. The predicted molar refractivity (Wildman–Crippen MR) is 151 cm³/mol. The lowest BCUT2D eigenvalue weighted by Gasteiger charge is -2.27. The summed E-state index contributed by atoms with van der Waals surface area (Å²) in [5, 5.41) is 3.43. The maximum Gasteiger partial charge on any atom is 0.227 e. The quantitative estimate of drug-likeness (QED) is 0.278. The lowest BCUT2D eigenvalue weighted by atomic mass is 9.78. The number of rotatable bonds is 6. The van der Waals surface area contributed by atoms with Crippen molar-refractivity contribution in [2.75, 3.05) is 25.0 Å². The fourth-order valence-electron chi connectivity index (χ4n) is 5.54. The van der Waals surface area contributed by atoms with E-state index in [2.05, 4.69) is 104 Å². The minimum Gasteiger partial charge on any atom is -0.324 e. The lowest BCUT2D eigenvalue weighted by Crippen LogP contribution is -2.31. The van der Waals surface area contributed by atoms with Crippen LogP contribution in [0.3, 0.4) is 0 Å². The van der Waals surface area contributed by atoms with E-state index in [1.54, 1.807) is 0 Å². The highest BCUT2D eigenvalue weighted by atomic mass is 79.9. The van der Waals surface area contributed by atoms with Crippen molar-refractivity contribution in [3.05, 3.63) is 106 Å². The smallest absolute Gasteiger partial charge is 0.227 e. The summed E-state index contributed by atoms with van der Waals surface area (Å²) in [7, 11) is 0. The Hall–Kier alpha value is -3.02.